The maximum atomic E-state index is 13.1. The predicted octanol–water partition coefficient (Wildman–Crippen LogP) is 8.32. The summed E-state index contributed by atoms with van der Waals surface area (Å²) in [7, 11) is 0. The van der Waals surface area contributed by atoms with Crippen LogP contribution in [-0.2, 0) is 4.79 Å². The van der Waals surface area contributed by atoms with Crippen molar-refractivity contribution in [3.8, 4) is 0 Å². The van der Waals surface area contributed by atoms with Gasteiger partial charge in [-0.15, -0.1) is 0 Å². The SMILES string of the molecule is CC=CC(C=CC)(CC(C)(C)N(CCC)C(=O)CC)N(C(C)(C)CC(C)(C)C)C(C)(N)CC(C)(C)C. The van der Waals surface area contributed by atoms with Crippen LogP contribution in [0, 0.1) is 10.8 Å². The number of carbonyl (C=O) groups excluding carboxylic acids is 1. The van der Waals surface area contributed by atoms with Crippen molar-refractivity contribution in [2.45, 2.75) is 158 Å². The fraction of sp³-hybridized carbons (Fsp3) is 0.844. The first-order valence-corrected chi connectivity index (χ1v) is 14.2. The van der Waals surface area contributed by atoms with E-state index in [9.17, 15) is 4.79 Å². The third-order valence-corrected chi connectivity index (χ3v) is 6.79. The van der Waals surface area contributed by atoms with Gasteiger partial charge in [0.25, 0.3) is 0 Å². The van der Waals surface area contributed by atoms with Crippen LogP contribution in [0.25, 0.3) is 0 Å². The minimum atomic E-state index is -0.591. The summed E-state index contributed by atoms with van der Waals surface area (Å²) >= 11 is 0. The van der Waals surface area contributed by atoms with Crippen LogP contribution in [0.3, 0.4) is 0 Å². The minimum Gasteiger partial charge on any atom is -0.338 e. The van der Waals surface area contributed by atoms with Gasteiger partial charge < -0.3 is 10.6 Å². The number of allylic oxidation sites excluding steroid dienone is 2. The number of rotatable bonds is 13. The summed E-state index contributed by atoms with van der Waals surface area (Å²) in [6.45, 7) is 34.2. The lowest BCUT2D eigenvalue weighted by Gasteiger charge is -2.61. The number of hydrogen-bond donors (Lipinski definition) is 1. The van der Waals surface area contributed by atoms with Crippen LogP contribution in [-0.4, -0.2) is 44.5 Å². The van der Waals surface area contributed by atoms with Gasteiger partial charge in [-0.2, -0.15) is 0 Å². The van der Waals surface area contributed by atoms with E-state index in [0.29, 0.717) is 6.42 Å². The molecule has 0 fully saturated rings. The van der Waals surface area contributed by atoms with Crippen molar-refractivity contribution < 1.29 is 4.79 Å². The van der Waals surface area contributed by atoms with Gasteiger partial charge in [0, 0.05) is 24.0 Å². The number of carbonyl (C=O) groups is 1. The third-order valence-electron chi connectivity index (χ3n) is 6.79. The molecule has 36 heavy (non-hydrogen) atoms. The molecule has 0 heterocycles. The van der Waals surface area contributed by atoms with Gasteiger partial charge in [0.1, 0.15) is 0 Å². The zero-order valence-electron chi connectivity index (χ0n) is 26.9. The van der Waals surface area contributed by atoms with E-state index in [2.05, 4.69) is 131 Å². The van der Waals surface area contributed by atoms with Crippen LogP contribution < -0.4 is 5.73 Å². The molecule has 0 saturated carbocycles. The first-order valence-electron chi connectivity index (χ1n) is 14.2. The third kappa shape index (κ3) is 9.97. The molecule has 2 N–H and O–H groups in total. The van der Waals surface area contributed by atoms with E-state index in [-0.39, 0.29) is 27.8 Å². The summed E-state index contributed by atoms with van der Waals surface area (Å²) in [5, 5.41) is 0. The zero-order chi connectivity index (χ0) is 28.8. The lowest BCUT2D eigenvalue weighted by atomic mass is 9.71. The average Bonchev–Trinajstić information content (AvgIpc) is 2.60. The van der Waals surface area contributed by atoms with Gasteiger partial charge in [-0.1, -0.05) is 79.7 Å². The molecule has 0 rings (SSSR count). The first kappa shape index (κ1) is 34.9. The van der Waals surface area contributed by atoms with Crippen molar-refractivity contribution in [2.24, 2.45) is 16.6 Å². The van der Waals surface area contributed by atoms with Gasteiger partial charge in [0.2, 0.25) is 5.91 Å². The average molecular weight is 506 g/mol. The van der Waals surface area contributed by atoms with Crippen LogP contribution in [0.1, 0.15) is 136 Å². The minimum absolute atomic E-state index is 0.0547. The van der Waals surface area contributed by atoms with Gasteiger partial charge in [-0.3, -0.25) is 9.69 Å². The zero-order valence-corrected chi connectivity index (χ0v) is 26.9. The highest BCUT2D eigenvalue weighted by Gasteiger charge is 2.53. The Balaban J connectivity index is 7.37. The van der Waals surface area contributed by atoms with E-state index in [1.54, 1.807) is 0 Å². The van der Waals surface area contributed by atoms with Crippen LogP contribution >= 0.6 is 0 Å². The highest BCUT2D eigenvalue weighted by atomic mass is 16.2. The lowest BCUT2D eigenvalue weighted by Crippen LogP contribution is -2.72. The van der Waals surface area contributed by atoms with Crippen LogP contribution in [0.2, 0.25) is 0 Å². The van der Waals surface area contributed by atoms with E-state index in [4.69, 9.17) is 5.73 Å². The number of nitrogens with two attached hydrogens (primary N) is 1. The summed E-state index contributed by atoms with van der Waals surface area (Å²) in [5.41, 5.74) is 5.95. The maximum Gasteiger partial charge on any atom is 0.222 e. The predicted molar refractivity (Wildman–Crippen MR) is 160 cm³/mol. The van der Waals surface area contributed by atoms with Crippen LogP contribution in [0.5, 0.6) is 0 Å². The monoisotopic (exact) mass is 505 g/mol. The molecule has 1 atom stereocenters. The highest BCUT2D eigenvalue weighted by molar-refractivity contribution is 5.76. The molecular weight excluding hydrogens is 442 g/mol. The van der Waals surface area contributed by atoms with Gasteiger partial charge in [-0.25, -0.2) is 0 Å². The molecule has 0 radical (unpaired) electrons. The molecular formula is C32H63N3O. The molecule has 0 aromatic heterocycles. The molecule has 0 aliphatic rings. The highest BCUT2D eigenvalue weighted by Crippen LogP contribution is 2.46. The Morgan fingerprint density at radius 1 is 0.722 bits per heavy atom. The Morgan fingerprint density at radius 3 is 1.50 bits per heavy atom. The standard InChI is InChI=1S/C32H63N3O/c1-16-20-32(21-17-2,25-29(11,12)34(22-18-3)26(36)19-4)35(30(13,14)23-27(5,6)7)31(15,33)24-28(8,9)10/h16-17,20-21H,18-19,22-25,33H2,1-15H3. The summed E-state index contributed by atoms with van der Waals surface area (Å²) < 4.78 is 0. The molecule has 0 aromatic rings. The van der Waals surface area contributed by atoms with Gasteiger partial charge in [0.15, 0.2) is 0 Å². The van der Waals surface area contributed by atoms with Crippen molar-refractivity contribution >= 4 is 5.91 Å². The van der Waals surface area contributed by atoms with E-state index in [0.717, 1.165) is 32.2 Å². The molecule has 0 aliphatic carbocycles. The number of hydrogen-bond acceptors (Lipinski definition) is 3. The second-order valence-corrected chi connectivity index (χ2v) is 14.9. The van der Waals surface area contributed by atoms with Gasteiger partial charge in [0.05, 0.1) is 11.2 Å². The van der Waals surface area contributed by atoms with Crippen molar-refractivity contribution in [3.63, 3.8) is 0 Å². The second-order valence-electron chi connectivity index (χ2n) is 14.9. The van der Waals surface area contributed by atoms with Crippen LogP contribution in [0.4, 0.5) is 0 Å². The van der Waals surface area contributed by atoms with Crippen molar-refractivity contribution in [1.29, 1.82) is 0 Å². The van der Waals surface area contributed by atoms with Crippen LogP contribution in [0.15, 0.2) is 24.3 Å². The lowest BCUT2D eigenvalue weighted by molar-refractivity contribution is -0.139. The Labute approximate surface area is 226 Å². The van der Waals surface area contributed by atoms with Crippen molar-refractivity contribution in [1.82, 2.24) is 9.80 Å². The van der Waals surface area contributed by atoms with E-state index < -0.39 is 11.2 Å². The Hall–Kier alpha value is -1.13. The Morgan fingerprint density at radius 2 is 1.17 bits per heavy atom. The number of amides is 1. The largest absolute Gasteiger partial charge is 0.338 e. The smallest absolute Gasteiger partial charge is 0.222 e. The molecule has 4 nitrogen and oxygen atoms in total. The topological polar surface area (TPSA) is 49.6 Å². The first-order chi connectivity index (χ1) is 16.0. The molecule has 0 spiro atoms. The molecule has 0 saturated heterocycles. The second kappa shape index (κ2) is 12.6. The fourth-order valence-corrected chi connectivity index (χ4v) is 7.21. The summed E-state index contributed by atoms with van der Waals surface area (Å²) in [4.78, 5) is 17.8. The molecule has 4 heteroatoms. The molecule has 0 aromatic carbocycles. The summed E-state index contributed by atoms with van der Waals surface area (Å²) in [6.07, 6.45) is 13.0. The van der Waals surface area contributed by atoms with Gasteiger partial charge in [-0.05, 0) is 85.0 Å². The maximum absolute atomic E-state index is 13.1. The van der Waals surface area contributed by atoms with E-state index >= 15 is 0 Å². The Kier molecular flexibility index (Phi) is 12.2. The summed E-state index contributed by atoms with van der Waals surface area (Å²) in [5.74, 6) is 0.211. The molecule has 1 unspecified atom stereocenters. The van der Waals surface area contributed by atoms with Crippen molar-refractivity contribution in [2.75, 3.05) is 6.54 Å². The Bertz CT molecular complexity index is 704. The fourth-order valence-electron chi connectivity index (χ4n) is 7.21. The van der Waals surface area contributed by atoms with E-state index in [1.165, 1.54) is 0 Å². The molecule has 212 valence electrons. The molecule has 1 amide bonds. The quantitative estimate of drug-likeness (QED) is 0.202. The summed E-state index contributed by atoms with van der Waals surface area (Å²) in [6, 6.07) is 0. The number of nitrogens with zero attached hydrogens (tertiary/aromatic N) is 2. The van der Waals surface area contributed by atoms with Crippen molar-refractivity contribution in [3.05, 3.63) is 24.3 Å². The van der Waals surface area contributed by atoms with Gasteiger partial charge >= 0.3 is 0 Å². The normalized spacial score (nSPS) is 17.6. The molecule has 0 bridgehead atoms. The molecule has 0 aliphatic heterocycles. The van der Waals surface area contributed by atoms with E-state index in [1.807, 2.05) is 6.92 Å².